The molecular formula is C15H23Cl2N3. The van der Waals surface area contributed by atoms with Crippen LogP contribution in [0.15, 0.2) is 18.2 Å². The third-order valence-electron chi connectivity index (χ3n) is 4.27. The smallest absolute Gasteiger partial charge is 0.0595 e. The lowest BCUT2D eigenvalue weighted by atomic mass is 10.0. The Labute approximate surface area is 131 Å². The normalized spacial score (nSPS) is 22.9. The van der Waals surface area contributed by atoms with Gasteiger partial charge in [-0.1, -0.05) is 36.2 Å². The van der Waals surface area contributed by atoms with E-state index in [0.29, 0.717) is 22.6 Å². The van der Waals surface area contributed by atoms with Gasteiger partial charge in [-0.3, -0.25) is 4.90 Å². The molecule has 2 unspecified atom stereocenters. The van der Waals surface area contributed by atoms with Crippen LogP contribution in [0, 0.1) is 0 Å². The molecular weight excluding hydrogens is 293 g/mol. The molecule has 0 aromatic heterocycles. The van der Waals surface area contributed by atoms with Crippen LogP contribution in [-0.4, -0.2) is 49.1 Å². The van der Waals surface area contributed by atoms with Gasteiger partial charge in [0, 0.05) is 38.3 Å². The Kier molecular flexibility index (Phi) is 5.70. The van der Waals surface area contributed by atoms with Gasteiger partial charge in [0.25, 0.3) is 0 Å². The van der Waals surface area contributed by atoms with Gasteiger partial charge in [0.1, 0.15) is 0 Å². The Balaban J connectivity index is 2.17. The summed E-state index contributed by atoms with van der Waals surface area (Å²) in [5.41, 5.74) is 7.17. The molecule has 1 aromatic carbocycles. The monoisotopic (exact) mass is 315 g/mol. The number of rotatable bonds is 4. The highest BCUT2D eigenvalue weighted by Crippen LogP contribution is 2.29. The summed E-state index contributed by atoms with van der Waals surface area (Å²) in [4.78, 5) is 4.90. The molecule has 1 aromatic rings. The highest BCUT2D eigenvalue weighted by Gasteiger charge is 2.28. The first-order valence-corrected chi connectivity index (χ1v) is 7.91. The molecule has 20 heavy (non-hydrogen) atoms. The minimum atomic E-state index is 0.215. The SMILES string of the molecule is CCC1CN(C(CN)c2ccc(Cl)c(Cl)c2)CCN1C. The van der Waals surface area contributed by atoms with Crippen molar-refractivity contribution < 1.29 is 0 Å². The average Bonchev–Trinajstić information content (AvgIpc) is 2.45. The number of hydrogen-bond acceptors (Lipinski definition) is 3. The molecule has 1 aliphatic rings. The fourth-order valence-corrected chi connectivity index (χ4v) is 3.22. The molecule has 0 radical (unpaired) electrons. The molecule has 1 saturated heterocycles. The molecule has 112 valence electrons. The van der Waals surface area contributed by atoms with Gasteiger partial charge in [0.05, 0.1) is 10.0 Å². The first-order chi connectivity index (χ1) is 9.56. The zero-order valence-corrected chi connectivity index (χ0v) is 13.7. The van der Waals surface area contributed by atoms with Gasteiger partial charge in [-0.05, 0) is 31.2 Å². The van der Waals surface area contributed by atoms with Gasteiger partial charge in [0.2, 0.25) is 0 Å². The molecule has 1 aliphatic heterocycles. The molecule has 2 atom stereocenters. The summed E-state index contributed by atoms with van der Waals surface area (Å²) in [6, 6.07) is 6.65. The molecule has 3 nitrogen and oxygen atoms in total. The lowest BCUT2D eigenvalue weighted by Crippen LogP contribution is -2.53. The summed E-state index contributed by atoms with van der Waals surface area (Å²) >= 11 is 12.1. The molecule has 1 heterocycles. The zero-order chi connectivity index (χ0) is 14.7. The Morgan fingerprint density at radius 2 is 2.05 bits per heavy atom. The molecule has 0 aliphatic carbocycles. The Bertz CT molecular complexity index is 453. The van der Waals surface area contributed by atoms with Crippen LogP contribution < -0.4 is 5.73 Å². The minimum Gasteiger partial charge on any atom is -0.329 e. The lowest BCUT2D eigenvalue weighted by molar-refractivity contribution is 0.0644. The van der Waals surface area contributed by atoms with Crippen molar-refractivity contribution in [2.24, 2.45) is 5.73 Å². The maximum absolute atomic E-state index is 6.13. The predicted molar refractivity (Wildman–Crippen MR) is 86.5 cm³/mol. The highest BCUT2D eigenvalue weighted by atomic mass is 35.5. The van der Waals surface area contributed by atoms with Crippen LogP contribution in [0.4, 0.5) is 0 Å². The quantitative estimate of drug-likeness (QED) is 0.927. The molecule has 2 N–H and O–H groups in total. The number of nitrogens with two attached hydrogens (primary N) is 1. The highest BCUT2D eigenvalue weighted by molar-refractivity contribution is 6.42. The molecule has 1 fully saturated rings. The summed E-state index contributed by atoms with van der Waals surface area (Å²) in [5, 5.41) is 1.19. The lowest BCUT2D eigenvalue weighted by Gasteiger charge is -2.42. The summed E-state index contributed by atoms with van der Waals surface area (Å²) in [6.45, 7) is 6.00. The van der Waals surface area contributed by atoms with Crippen molar-refractivity contribution in [1.29, 1.82) is 0 Å². The van der Waals surface area contributed by atoms with E-state index in [9.17, 15) is 0 Å². The Morgan fingerprint density at radius 3 is 2.65 bits per heavy atom. The maximum Gasteiger partial charge on any atom is 0.0595 e. The van der Waals surface area contributed by atoms with E-state index in [1.807, 2.05) is 18.2 Å². The molecule has 2 rings (SSSR count). The van der Waals surface area contributed by atoms with Crippen molar-refractivity contribution in [3.63, 3.8) is 0 Å². The molecule has 0 bridgehead atoms. The van der Waals surface area contributed by atoms with Gasteiger partial charge in [-0.15, -0.1) is 0 Å². The number of hydrogen-bond donors (Lipinski definition) is 1. The van der Waals surface area contributed by atoms with E-state index in [0.717, 1.165) is 31.6 Å². The zero-order valence-electron chi connectivity index (χ0n) is 12.1. The van der Waals surface area contributed by atoms with E-state index in [1.165, 1.54) is 0 Å². The van der Waals surface area contributed by atoms with E-state index in [1.54, 1.807) is 0 Å². The van der Waals surface area contributed by atoms with Crippen molar-refractivity contribution in [3.05, 3.63) is 33.8 Å². The first kappa shape index (κ1) is 16.1. The maximum atomic E-state index is 6.13. The van der Waals surface area contributed by atoms with Gasteiger partial charge < -0.3 is 10.6 Å². The Morgan fingerprint density at radius 1 is 1.30 bits per heavy atom. The van der Waals surface area contributed by atoms with Crippen LogP contribution in [-0.2, 0) is 0 Å². The number of likely N-dealkylation sites (N-methyl/N-ethyl adjacent to an activating group) is 1. The fraction of sp³-hybridized carbons (Fsp3) is 0.600. The van der Waals surface area contributed by atoms with Crippen molar-refractivity contribution in [2.45, 2.75) is 25.4 Å². The third kappa shape index (κ3) is 3.46. The number of halogens is 2. The van der Waals surface area contributed by atoms with Crippen molar-refractivity contribution in [1.82, 2.24) is 9.80 Å². The molecule has 5 heteroatoms. The van der Waals surface area contributed by atoms with E-state index in [-0.39, 0.29) is 6.04 Å². The van der Waals surface area contributed by atoms with Crippen LogP contribution in [0.25, 0.3) is 0 Å². The van der Waals surface area contributed by atoms with Gasteiger partial charge in [0.15, 0.2) is 0 Å². The fourth-order valence-electron chi connectivity index (χ4n) is 2.91. The molecule has 0 spiro atoms. The number of piperazine rings is 1. The van der Waals surface area contributed by atoms with Crippen LogP contribution in [0.5, 0.6) is 0 Å². The average molecular weight is 316 g/mol. The third-order valence-corrected chi connectivity index (χ3v) is 5.01. The summed E-state index contributed by atoms with van der Waals surface area (Å²) in [7, 11) is 2.20. The van der Waals surface area contributed by atoms with Gasteiger partial charge >= 0.3 is 0 Å². The number of nitrogens with zero attached hydrogens (tertiary/aromatic N) is 2. The van der Waals surface area contributed by atoms with Crippen molar-refractivity contribution in [3.8, 4) is 0 Å². The van der Waals surface area contributed by atoms with Gasteiger partial charge in [-0.25, -0.2) is 0 Å². The predicted octanol–water partition coefficient (Wildman–Crippen LogP) is 3.02. The summed E-state index contributed by atoms with van der Waals surface area (Å²) in [6.07, 6.45) is 1.16. The first-order valence-electron chi connectivity index (χ1n) is 7.16. The van der Waals surface area contributed by atoms with E-state index < -0.39 is 0 Å². The van der Waals surface area contributed by atoms with Crippen LogP contribution >= 0.6 is 23.2 Å². The molecule has 0 saturated carbocycles. The van der Waals surface area contributed by atoms with Crippen LogP contribution in [0.1, 0.15) is 24.9 Å². The molecule has 0 amide bonds. The van der Waals surface area contributed by atoms with Crippen molar-refractivity contribution in [2.75, 3.05) is 33.2 Å². The summed E-state index contributed by atoms with van der Waals surface area (Å²) in [5.74, 6) is 0. The minimum absolute atomic E-state index is 0.215. The van der Waals surface area contributed by atoms with Crippen molar-refractivity contribution >= 4 is 23.2 Å². The summed E-state index contributed by atoms with van der Waals surface area (Å²) < 4.78 is 0. The van der Waals surface area contributed by atoms with E-state index in [4.69, 9.17) is 28.9 Å². The van der Waals surface area contributed by atoms with Gasteiger partial charge in [-0.2, -0.15) is 0 Å². The topological polar surface area (TPSA) is 32.5 Å². The second-order valence-corrected chi connectivity index (χ2v) is 6.28. The van der Waals surface area contributed by atoms with Crippen LogP contribution in [0.2, 0.25) is 10.0 Å². The number of benzene rings is 1. The standard InChI is InChI=1S/C15H23Cl2N3/c1-3-12-10-20(7-6-19(12)2)15(9-18)11-4-5-13(16)14(17)8-11/h4-5,8,12,15H,3,6-7,9-10,18H2,1-2H3. The Hall–Kier alpha value is -0.320. The van der Waals surface area contributed by atoms with Crippen LogP contribution in [0.3, 0.4) is 0 Å². The second-order valence-electron chi connectivity index (χ2n) is 5.46. The van der Waals surface area contributed by atoms with E-state index >= 15 is 0 Å². The van der Waals surface area contributed by atoms with E-state index in [2.05, 4.69) is 23.8 Å². The largest absolute Gasteiger partial charge is 0.329 e. The second kappa shape index (κ2) is 7.10.